The quantitative estimate of drug-likeness (QED) is 0.775. The summed E-state index contributed by atoms with van der Waals surface area (Å²) in [6, 6.07) is 5.37. The number of carbonyl (C=O) groups excluding carboxylic acids is 1. The molecule has 0 unspecified atom stereocenters. The number of carbonyl (C=O) groups is 1. The van der Waals surface area contributed by atoms with Gasteiger partial charge in [-0.25, -0.2) is 14.6 Å². The van der Waals surface area contributed by atoms with Gasteiger partial charge in [0.25, 0.3) is 5.91 Å². The summed E-state index contributed by atoms with van der Waals surface area (Å²) >= 11 is 4.81. The van der Waals surface area contributed by atoms with E-state index in [-0.39, 0.29) is 5.91 Å². The van der Waals surface area contributed by atoms with Gasteiger partial charge in [0, 0.05) is 6.20 Å². The Labute approximate surface area is 133 Å². The van der Waals surface area contributed by atoms with E-state index < -0.39 is 0 Å². The number of pyridine rings is 1. The molecule has 3 aromatic rings. The van der Waals surface area contributed by atoms with Crippen molar-refractivity contribution in [3.63, 3.8) is 0 Å². The number of aromatic nitrogens is 4. The van der Waals surface area contributed by atoms with Crippen LogP contribution in [0.15, 0.2) is 40.8 Å². The molecule has 0 aromatic carbocycles. The number of hydrogen-bond donors (Lipinski definition) is 1. The van der Waals surface area contributed by atoms with Crippen molar-refractivity contribution in [3.05, 3.63) is 51.3 Å². The second kappa shape index (κ2) is 5.74. The first-order valence-electron chi connectivity index (χ1n) is 6.02. The average Bonchev–Trinajstić information content (AvgIpc) is 3.10. The van der Waals surface area contributed by atoms with Crippen LogP contribution < -0.4 is 5.32 Å². The lowest BCUT2D eigenvalue weighted by atomic mass is 10.3. The number of rotatable bonds is 3. The first-order valence-corrected chi connectivity index (χ1v) is 7.63. The molecule has 1 N–H and O–H groups in total. The lowest BCUT2D eigenvalue weighted by Gasteiger charge is -2.08. The molecule has 106 valence electrons. The number of nitrogens with zero attached hydrogens (tertiary/aromatic N) is 4. The van der Waals surface area contributed by atoms with Gasteiger partial charge in [-0.2, -0.15) is 5.10 Å². The summed E-state index contributed by atoms with van der Waals surface area (Å²) in [5, 5.41) is 6.89. The Bertz CT molecular complexity index is 764. The maximum atomic E-state index is 12.3. The summed E-state index contributed by atoms with van der Waals surface area (Å²) < 4.78 is 2.46. The van der Waals surface area contributed by atoms with Crippen molar-refractivity contribution in [2.24, 2.45) is 0 Å². The van der Waals surface area contributed by atoms with Crippen molar-refractivity contribution in [2.45, 2.75) is 6.92 Å². The predicted octanol–water partition coefficient (Wildman–Crippen LogP) is 3.05. The zero-order valence-electron chi connectivity index (χ0n) is 10.9. The number of aryl methyl sites for hydroxylation is 1. The van der Waals surface area contributed by atoms with Crippen LogP contribution in [-0.2, 0) is 0 Å². The molecule has 6 nitrogen and oxygen atoms in total. The van der Waals surface area contributed by atoms with Gasteiger partial charge in [-0.05, 0) is 46.6 Å². The normalized spacial score (nSPS) is 10.6. The van der Waals surface area contributed by atoms with E-state index in [1.54, 1.807) is 18.3 Å². The smallest absolute Gasteiger partial charge is 0.265 e. The van der Waals surface area contributed by atoms with Crippen LogP contribution >= 0.6 is 27.3 Å². The Morgan fingerprint density at radius 3 is 3.00 bits per heavy atom. The molecule has 0 fully saturated rings. The molecule has 21 heavy (non-hydrogen) atoms. The Hall–Kier alpha value is -2.06. The topological polar surface area (TPSA) is 72.7 Å². The van der Waals surface area contributed by atoms with Crippen LogP contribution in [0.4, 0.5) is 5.69 Å². The molecule has 0 aliphatic rings. The Balaban J connectivity index is 1.90. The van der Waals surface area contributed by atoms with Crippen molar-refractivity contribution in [1.82, 2.24) is 19.7 Å². The number of hydrogen-bond acceptors (Lipinski definition) is 5. The highest BCUT2D eigenvalue weighted by Gasteiger charge is 2.14. The van der Waals surface area contributed by atoms with Crippen LogP contribution in [-0.4, -0.2) is 25.7 Å². The molecule has 0 bridgehead atoms. The molecule has 3 rings (SSSR count). The molecule has 0 aliphatic carbocycles. The number of amides is 1. The van der Waals surface area contributed by atoms with Crippen molar-refractivity contribution in [3.8, 4) is 5.82 Å². The molecular formula is C13H10BrN5OS. The van der Waals surface area contributed by atoms with Gasteiger partial charge in [0.15, 0.2) is 5.82 Å². The molecule has 3 aromatic heterocycles. The van der Waals surface area contributed by atoms with E-state index in [1.165, 1.54) is 28.7 Å². The van der Waals surface area contributed by atoms with E-state index in [0.717, 1.165) is 9.35 Å². The lowest BCUT2D eigenvalue weighted by molar-refractivity contribution is 0.103. The number of anilines is 1. The number of nitrogens with one attached hydrogen (secondary N) is 1. The molecule has 0 saturated carbocycles. The summed E-state index contributed by atoms with van der Waals surface area (Å²) in [5.74, 6) is 0.346. The van der Waals surface area contributed by atoms with E-state index in [0.29, 0.717) is 16.4 Å². The van der Waals surface area contributed by atoms with E-state index in [2.05, 4.69) is 36.3 Å². The monoisotopic (exact) mass is 363 g/mol. The summed E-state index contributed by atoms with van der Waals surface area (Å²) in [6.07, 6.45) is 4.59. The SMILES string of the molecule is Cc1cc(C(=O)Nc2cccnc2-n2cncn2)sc1Br. The minimum absolute atomic E-state index is 0.178. The number of halogens is 1. The minimum atomic E-state index is -0.178. The van der Waals surface area contributed by atoms with Crippen LogP contribution in [0.2, 0.25) is 0 Å². The Morgan fingerprint density at radius 2 is 2.33 bits per heavy atom. The molecular weight excluding hydrogens is 354 g/mol. The zero-order chi connectivity index (χ0) is 14.8. The third-order valence-corrected chi connectivity index (χ3v) is 4.89. The summed E-state index contributed by atoms with van der Waals surface area (Å²) in [4.78, 5) is 21.1. The van der Waals surface area contributed by atoms with Crippen molar-refractivity contribution in [1.29, 1.82) is 0 Å². The van der Waals surface area contributed by atoms with Gasteiger partial charge in [0.1, 0.15) is 12.7 Å². The second-order valence-corrected chi connectivity index (χ2v) is 6.61. The highest BCUT2D eigenvalue weighted by molar-refractivity contribution is 9.11. The van der Waals surface area contributed by atoms with Crippen molar-refractivity contribution >= 4 is 38.9 Å². The van der Waals surface area contributed by atoms with Crippen molar-refractivity contribution in [2.75, 3.05) is 5.32 Å². The van der Waals surface area contributed by atoms with E-state index in [4.69, 9.17) is 0 Å². The highest BCUT2D eigenvalue weighted by atomic mass is 79.9. The first-order chi connectivity index (χ1) is 10.1. The average molecular weight is 364 g/mol. The second-order valence-electron chi connectivity index (χ2n) is 4.24. The minimum Gasteiger partial charge on any atom is -0.318 e. The van der Waals surface area contributed by atoms with Gasteiger partial charge in [-0.1, -0.05) is 0 Å². The highest BCUT2D eigenvalue weighted by Crippen LogP contribution is 2.28. The van der Waals surface area contributed by atoms with Crippen LogP contribution in [0.1, 0.15) is 15.2 Å². The molecule has 1 amide bonds. The predicted molar refractivity (Wildman–Crippen MR) is 83.9 cm³/mol. The number of thiophene rings is 1. The third-order valence-electron chi connectivity index (χ3n) is 2.75. The summed E-state index contributed by atoms with van der Waals surface area (Å²) in [5.41, 5.74) is 1.61. The molecule has 0 atom stereocenters. The van der Waals surface area contributed by atoms with E-state index >= 15 is 0 Å². The van der Waals surface area contributed by atoms with Gasteiger partial charge in [0.2, 0.25) is 0 Å². The molecule has 0 saturated heterocycles. The summed E-state index contributed by atoms with van der Waals surface area (Å²) in [7, 11) is 0. The van der Waals surface area contributed by atoms with Crippen LogP contribution in [0.3, 0.4) is 0 Å². The molecule has 0 aliphatic heterocycles. The standard InChI is InChI=1S/C13H10BrN5OS/c1-8-5-10(21-11(8)14)13(20)18-9-3-2-4-16-12(9)19-7-15-6-17-19/h2-7H,1H3,(H,18,20). The van der Waals surface area contributed by atoms with Crippen LogP contribution in [0.5, 0.6) is 0 Å². The fraction of sp³-hybridized carbons (Fsp3) is 0.0769. The molecule has 0 spiro atoms. The fourth-order valence-electron chi connectivity index (χ4n) is 1.75. The van der Waals surface area contributed by atoms with Crippen LogP contribution in [0.25, 0.3) is 5.82 Å². The largest absolute Gasteiger partial charge is 0.318 e. The third kappa shape index (κ3) is 2.86. The lowest BCUT2D eigenvalue weighted by Crippen LogP contribution is -2.13. The van der Waals surface area contributed by atoms with Gasteiger partial charge >= 0.3 is 0 Å². The maximum absolute atomic E-state index is 12.3. The van der Waals surface area contributed by atoms with Crippen molar-refractivity contribution < 1.29 is 4.79 Å². The first kappa shape index (κ1) is 13.9. The van der Waals surface area contributed by atoms with Gasteiger partial charge in [0.05, 0.1) is 14.4 Å². The molecule has 3 heterocycles. The van der Waals surface area contributed by atoms with Gasteiger partial charge < -0.3 is 5.32 Å². The van der Waals surface area contributed by atoms with E-state index in [9.17, 15) is 4.79 Å². The maximum Gasteiger partial charge on any atom is 0.265 e. The van der Waals surface area contributed by atoms with Gasteiger partial charge in [-0.15, -0.1) is 11.3 Å². The summed E-state index contributed by atoms with van der Waals surface area (Å²) in [6.45, 7) is 1.95. The zero-order valence-corrected chi connectivity index (χ0v) is 13.3. The van der Waals surface area contributed by atoms with Gasteiger partial charge in [-0.3, -0.25) is 4.79 Å². The Kier molecular flexibility index (Phi) is 3.80. The molecule has 8 heteroatoms. The molecule has 0 radical (unpaired) electrons. The fourth-order valence-corrected chi connectivity index (χ4v) is 3.18. The Morgan fingerprint density at radius 1 is 1.48 bits per heavy atom. The van der Waals surface area contributed by atoms with Crippen LogP contribution in [0, 0.1) is 6.92 Å². The van der Waals surface area contributed by atoms with E-state index in [1.807, 2.05) is 13.0 Å².